The van der Waals surface area contributed by atoms with Gasteiger partial charge in [0.15, 0.2) is 6.61 Å². The third-order valence-corrected chi connectivity index (χ3v) is 5.78. The number of aromatic nitrogens is 2. The van der Waals surface area contributed by atoms with Crippen molar-refractivity contribution in [3.05, 3.63) is 26.6 Å². The summed E-state index contributed by atoms with van der Waals surface area (Å²) in [5.41, 5.74) is 0.945. The Hall–Kier alpha value is -2.75. The fraction of sp³-hybridized carbons (Fsp3) is 0.526. The smallest absolute Gasteiger partial charge is 0.321 e. The van der Waals surface area contributed by atoms with Crippen LogP contribution in [0.15, 0.2) is 4.79 Å². The number of ether oxygens (including phenoxy) is 1. The summed E-state index contributed by atoms with van der Waals surface area (Å²) in [6, 6.07) is -0.623. The normalized spacial score (nSPS) is 13.0. The van der Waals surface area contributed by atoms with E-state index in [0.717, 1.165) is 37.7 Å². The van der Waals surface area contributed by atoms with Gasteiger partial charge in [-0.3, -0.25) is 19.7 Å². The molecule has 0 bridgehead atoms. The van der Waals surface area contributed by atoms with Gasteiger partial charge in [-0.2, -0.15) is 0 Å². The van der Waals surface area contributed by atoms with Gasteiger partial charge >= 0.3 is 12.0 Å². The number of rotatable bonds is 7. The Bertz CT molecular complexity index is 981. The molecule has 3 amide bonds. The van der Waals surface area contributed by atoms with Gasteiger partial charge in [0, 0.05) is 17.8 Å². The van der Waals surface area contributed by atoms with E-state index in [1.54, 1.807) is 11.3 Å². The molecule has 3 rings (SSSR count). The standard InChI is InChI=1S/C19H24N4O5S/c1-2-9-20-19(27)23-14(24)10-28-15(25)8-7-13-21-17(26)16-11-5-3-4-6-12(11)29-18(16)22-13/h2-10H2,1H3,(H,21,22,26)(H2,20,23,24,27). The molecule has 2 aromatic heterocycles. The lowest BCUT2D eigenvalue weighted by Crippen LogP contribution is -2.41. The number of aromatic amines is 1. The maximum atomic E-state index is 12.5. The van der Waals surface area contributed by atoms with E-state index in [2.05, 4.69) is 20.6 Å². The molecule has 0 aromatic carbocycles. The van der Waals surface area contributed by atoms with Crippen LogP contribution in [0.4, 0.5) is 4.79 Å². The van der Waals surface area contributed by atoms with Crippen molar-refractivity contribution in [1.82, 2.24) is 20.6 Å². The average molecular weight is 420 g/mol. The largest absolute Gasteiger partial charge is 0.456 e. The summed E-state index contributed by atoms with van der Waals surface area (Å²) in [7, 11) is 0. The number of thiophene rings is 1. The zero-order chi connectivity index (χ0) is 20.8. The van der Waals surface area contributed by atoms with Gasteiger partial charge in [0.05, 0.1) is 11.8 Å². The Morgan fingerprint density at radius 3 is 2.83 bits per heavy atom. The van der Waals surface area contributed by atoms with E-state index >= 15 is 0 Å². The van der Waals surface area contributed by atoms with E-state index in [0.29, 0.717) is 22.6 Å². The van der Waals surface area contributed by atoms with Crippen LogP contribution in [0.25, 0.3) is 10.2 Å². The van der Waals surface area contributed by atoms with Crippen LogP contribution < -0.4 is 16.2 Å². The van der Waals surface area contributed by atoms with Crippen LogP contribution in [0.2, 0.25) is 0 Å². The molecule has 2 aromatic rings. The monoisotopic (exact) mass is 420 g/mol. The fourth-order valence-corrected chi connectivity index (χ4v) is 4.49. The highest BCUT2D eigenvalue weighted by Crippen LogP contribution is 2.33. The first-order chi connectivity index (χ1) is 14.0. The number of carbonyl (C=O) groups excluding carboxylic acids is 3. The molecular weight excluding hydrogens is 396 g/mol. The lowest BCUT2D eigenvalue weighted by Gasteiger charge is -2.09. The molecule has 0 saturated heterocycles. The molecule has 0 radical (unpaired) electrons. The third-order valence-electron chi connectivity index (χ3n) is 4.59. The number of nitrogens with one attached hydrogen (secondary N) is 3. The zero-order valence-corrected chi connectivity index (χ0v) is 17.1. The second-order valence-electron chi connectivity index (χ2n) is 6.87. The van der Waals surface area contributed by atoms with Gasteiger partial charge in [0.2, 0.25) is 0 Å². The van der Waals surface area contributed by atoms with Crippen molar-refractivity contribution < 1.29 is 19.1 Å². The number of amides is 3. The molecule has 0 saturated carbocycles. The first kappa shape index (κ1) is 21.0. The van der Waals surface area contributed by atoms with Crippen LogP contribution in [0.1, 0.15) is 48.9 Å². The van der Waals surface area contributed by atoms with Crippen LogP contribution in [0, 0.1) is 0 Å². The number of nitrogens with zero attached hydrogens (tertiary/aromatic N) is 1. The van der Waals surface area contributed by atoms with Gasteiger partial charge < -0.3 is 15.0 Å². The molecule has 0 atom stereocenters. The van der Waals surface area contributed by atoms with Gasteiger partial charge in [-0.25, -0.2) is 9.78 Å². The molecule has 0 spiro atoms. The number of H-pyrrole nitrogens is 1. The van der Waals surface area contributed by atoms with Crippen molar-refractivity contribution >= 4 is 39.5 Å². The van der Waals surface area contributed by atoms with E-state index in [-0.39, 0.29) is 18.4 Å². The van der Waals surface area contributed by atoms with Crippen LogP contribution in [-0.4, -0.2) is 41.0 Å². The molecule has 3 N–H and O–H groups in total. The Balaban J connectivity index is 1.51. The highest BCUT2D eigenvalue weighted by Gasteiger charge is 2.20. The van der Waals surface area contributed by atoms with Crippen LogP contribution >= 0.6 is 11.3 Å². The second-order valence-corrected chi connectivity index (χ2v) is 7.95. The van der Waals surface area contributed by atoms with Crippen LogP contribution in [-0.2, 0) is 33.6 Å². The van der Waals surface area contributed by atoms with Gasteiger partial charge in [-0.15, -0.1) is 11.3 Å². The minimum absolute atomic E-state index is 0.0329. The zero-order valence-electron chi connectivity index (χ0n) is 16.3. The molecule has 0 aliphatic heterocycles. The predicted octanol–water partition coefficient (Wildman–Crippen LogP) is 1.58. The molecule has 1 aliphatic carbocycles. The third kappa shape index (κ3) is 5.41. The molecule has 9 nitrogen and oxygen atoms in total. The predicted molar refractivity (Wildman–Crippen MR) is 108 cm³/mol. The number of fused-ring (bicyclic) bond motifs is 3. The summed E-state index contributed by atoms with van der Waals surface area (Å²) in [5, 5.41) is 5.23. The molecule has 0 unspecified atom stereocenters. The number of hydrogen-bond donors (Lipinski definition) is 3. The van der Waals surface area contributed by atoms with Crippen LogP contribution in [0.3, 0.4) is 0 Å². The Morgan fingerprint density at radius 2 is 2.03 bits per heavy atom. The molecule has 1 aliphatic rings. The maximum Gasteiger partial charge on any atom is 0.321 e. The lowest BCUT2D eigenvalue weighted by atomic mass is 9.97. The summed E-state index contributed by atoms with van der Waals surface area (Å²) in [4.78, 5) is 56.5. The Kier molecular flexibility index (Phi) is 6.97. The number of aryl methyl sites for hydroxylation is 3. The highest BCUT2D eigenvalue weighted by atomic mass is 32.1. The van der Waals surface area contributed by atoms with Gasteiger partial charge in [0.25, 0.3) is 11.5 Å². The van der Waals surface area contributed by atoms with E-state index in [4.69, 9.17) is 4.74 Å². The molecule has 0 fully saturated rings. The van der Waals surface area contributed by atoms with Crippen molar-refractivity contribution in [2.75, 3.05) is 13.2 Å². The van der Waals surface area contributed by atoms with Crippen molar-refractivity contribution in [1.29, 1.82) is 0 Å². The first-order valence-electron chi connectivity index (χ1n) is 9.74. The number of carbonyl (C=O) groups is 3. The number of imide groups is 1. The number of esters is 1. The molecular formula is C19H24N4O5S. The molecule has 10 heteroatoms. The Morgan fingerprint density at radius 1 is 1.24 bits per heavy atom. The van der Waals surface area contributed by atoms with Crippen molar-refractivity contribution in [3.63, 3.8) is 0 Å². The maximum absolute atomic E-state index is 12.5. The summed E-state index contributed by atoms with van der Waals surface area (Å²) < 4.78 is 4.87. The second kappa shape index (κ2) is 9.64. The van der Waals surface area contributed by atoms with Crippen molar-refractivity contribution in [2.45, 2.75) is 51.9 Å². The van der Waals surface area contributed by atoms with Gasteiger partial charge in [0.1, 0.15) is 10.7 Å². The average Bonchev–Trinajstić information content (AvgIpc) is 3.08. The quantitative estimate of drug-likeness (QED) is 0.583. The molecule has 2 heterocycles. The summed E-state index contributed by atoms with van der Waals surface area (Å²) in [6.45, 7) is 1.79. The van der Waals surface area contributed by atoms with E-state index < -0.39 is 24.5 Å². The highest BCUT2D eigenvalue weighted by molar-refractivity contribution is 7.18. The minimum atomic E-state index is -0.705. The van der Waals surface area contributed by atoms with E-state index in [1.807, 2.05) is 6.92 Å². The number of urea groups is 1. The fourth-order valence-electron chi connectivity index (χ4n) is 3.21. The van der Waals surface area contributed by atoms with Crippen LogP contribution in [0.5, 0.6) is 0 Å². The van der Waals surface area contributed by atoms with E-state index in [9.17, 15) is 19.2 Å². The summed E-state index contributed by atoms with van der Waals surface area (Å²) >= 11 is 1.55. The SMILES string of the molecule is CCCNC(=O)NC(=O)COC(=O)CCc1nc2sc3c(c2c(=O)[nH]1)CCCC3. The Labute approximate surface area is 171 Å². The minimum Gasteiger partial charge on any atom is -0.456 e. The summed E-state index contributed by atoms with van der Waals surface area (Å²) in [6.07, 6.45) is 5.01. The van der Waals surface area contributed by atoms with E-state index in [1.165, 1.54) is 4.88 Å². The molecule has 29 heavy (non-hydrogen) atoms. The lowest BCUT2D eigenvalue weighted by molar-refractivity contribution is -0.148. The van der Waals surface area contributed by atoms with Gasteiger partial charge in [-0.1, -0.05) is 6.92 Å². The van der Waals surface area contributed by atoms with Crippen molar-refractivity contribution in [3.8, 4) is 0 Å². The van der Waals surface area contributed by atoms with Gasteiger partial charge in [-0.05, 0) is 37.7 Å². The number of hydrogen-bond acceptors (Lipinski definition) is 7. The summed E-state index contributed by atoms with van der Waals surface area (Å²) in [5.74, 6) is -0.896. The van der Waals surface area contributed by atoms with Crippen molar-refractivity contribution in [2.24, 2.45) is 0 Å². The topological polar surface area (TPSA) is 130 Å². The molecule has 156 valence electrons. The first-order valence-corrected chi connectivity index (χ1v) is 10.6.